The van der Waals surface area contributed by atoms with Crippen LogP contribution < -0.4 is 5.73 Å². The molecule has 0 fully saturated rings. The molecule has 3 nitrogen and oxygen atoms in total. The van der Waals surface area contributed by atoms with E-state index in [1.54, 1.807) is 0 Å². The average Bonchev–Trinajstić information content (AvgIpc) is 2.48. The zero-order valence-corrected chi connectivity index (χ0v) is 15.7. The topological polar surface area (TPSA) is 63.3 Å². The zero-order valence-electron chi connectivity index (χ0n) is 15.7. The lowest BCUT2D eigenvalue weighted by Crippen LogP contribution is -2.09. The van der Waals surface area contributed by atoms with Crippen LogP contribution in [0.5, 0.6) is 0 Å². The number of nitrogens with two attached hydrogens (primary N) is 1. The highest BCUT2D eigenvalue weighted by molar-refractivity contribution is 5.73. The Morgan fingerprint density at radius 1 is 0.739 bits per heavy atom. The molecule has 0 saturated carbocycles. The van der Waals surface area contributed by atoms with Gasteiger partial charge >= 0.3 is 0 Å². The largest absolute Gasteiger partial charge is 0.393 e. The predicted molar refractivity (Wildman–Crippen MR) is 99.3 cm³/mol. The van der Waals surface area contributed by atoms with Crippen LogP contribution in [0.15, 0.2) is 0 Å². The number of rotatable bonds is 17. The second-order valence-electron chi connectivity index (χ2n) is 7.52. The number of hydrogen-bond acceptors (Lipinski definition) is 2. The minimum Gasteiger partial charge on any atom is -0.393 e. The Labute approximate surface area is 144 Å². The number of aliphatic hydroxyl groups excluding tert-OH is 1. The summed E-state index contributed by atoms with van der Waals surface area (Å²) in [5.41, 5.74) is 5.10. The van der Waals surface area contributed by atoms with Gasteiger partial charge in [0.25, 0.3) is 0 Å². The van der Waals surface area contributed by atoms with Crippen molar-refractivity contribution in [1.82, 2.24) is 0 Å². The molecule has 1 amide bonds. The van der Waals surface area contributed by atoms with Gasteiger partial charge in [-0.2, -0.15) is 0 Å². The Bertz CT molecular complexity index is 266. The molecule has 1 unspecified atom stereocenters. The third-order valence-corrected chi connectivity index (χ3v) is 4.53. The Morgan fingerprint density at radius 2 is 1.13 bits per heavy atom. The van der Waals surface area contributed by atoms with Gasteiger partial charge in [0.15, 0.2) is 0 Å². The smallest absolute Gasteiger partial charge is 0.217 e. The number of hydrogen-bond donors (Lipinski definition) is 2. The van der Waals surface area contributed by atoms with Crippen molar-refractivity contribution in [1.29, 1.82) is 0 Å². The first kappa shape index (κ1) is 22.4. The van der Waals surface area contributed by atoms with E-state index in [0.717, 1.165) is 50.9 Å². The fourth-order valence-corrected chi connectivity index (χ4v) is 2.99. The number of carbonyl (C=O) groups excluding carboxylic acids is 1. The van der Waals surface area contributed by atoms with Crippen molar-refractivity contribution in [2.45, 2.75) is 116 Å². The van der Waals surface area contributed by atoms with E-state index in [1.165, 1.54) is 44.9 Å². The molecule has 0 aliphatic carbocycles. The van der Waals surface area contributed by atoms with Gasteiger partial charge in [-0.1, -0.05) is 84.5 Å². The van der Waals surface area contributed by atoms with E-state index < -0.39 is 0 Å². The van der Waals surface area contributed by atoms with E-state index in [9.17, 15) is 9.90 Å². The van der Waals surface area contributed by atoms with Crippen molar-refractivity contribution in [2.24, 2.45) is 11.7 Å². The SMILES string of the molecule is CC(C)CCCCCCCCC(O)CCCCCCCC(N)=O. The molecular weight excluding hydrogens is 286 g/mol. The Balaban J connectivity index is 3.19. The molecule has 0 radical (unpaired) electrons. The minimum absolute atomic E-state index is 0.110. The lowest BCUT2D eigenvalue weighted by atomic mass is 10.0. The maximum atomic E-state index is 10.6. The van der Waals surface area contributed by atoms with E-state index in [2.05, 4.69) is 13.8 Å². The first-order valence-corrected chi connectivity index (χ1v) is 9.98. The van der Waals surface area contributed by atoms with Gasteiger partial charge in [0.2, 0.25) is 5.91 Å². The molecule has 23 heavy (non-hydrogen) atoms. The van der Waals surface area contributed by atoms with E-state index >= 15 is 0 Å². The molecular formula is C20H41NO2. The van der Waals surface area contributed by atoms with Crippen LogP contribution in [0.3, 0.4) is 0 Å². The molecule has 0 aromatic heterocycles. The summed E-state index contributed by atoms with van der Waals surface area (Å²) in [5.74, 6) is 0.647. The molecule has 0 rings (SSSR count). The third-order valence-electron chi connectivity index (χ3n) is 4.53. The van der Waals surface area contributed by atoms with Gasteiger partial charge in [0.05, 0.1) is 6.10 Å². The lowest BCUT2D eigenvalue weighted by Gasteiger charge is -2.10. The van der Waals surface area contributed by atoms with Crippen molar-refractivity contribution >= 4 is 5.91 Å². The van der Waals surface area contributed by atoms with Crippen molar-refractivity contribution in [3.63, 3.8) is 0 Å². The van der Waals surface area contributed by atoms with Crippen molar-refractivity contribution < 1.29 is 9.90 Å². The van der Waals surface area contributed by atoms with Gasteiger partial charge in [-0.05, 0) is 25.2 Å². The predicted octanol–water partition coefficient (Wildman–Crippen LogP) is 5.34. The quantitative estimate of drug-likeness (QED) is 0.354. The number of aliphatic hydroxyl groups is 1. The van der Waals surface area contributed by atoms with Gasteiger partial charge in [-0.3, -0.25) is 4.79 Å². The van der Waals surface area contributed by atoms with Gasteiger partial charge in [-0.25, -0.2) is 0 Å². The van der Waals surface area contributed by atoms with E-state index in [4.69, 9.17) is 5.73 Å². The summed E-state index contributed by atoms with van der Waals surface area (Å²) >= 11 is 0. The zero-order chi connectivity index (χ0) is 17.3. The van der Waals surface area contributed by atoms with Crippen LogP contribution in [0.2, 0.25) is 0 Å². The second kappa shape index (κ2) is 16.3. The molecule has 138 valence electrons. The highest BCUT2D eigenvalue weighted by Gasteiger charge is 2.04. The van der Waals surface area contributed by atoms with E-state index in [-0.39, 0.29) is 12.0 Å². The van der Waals surface area contributed by atoms with Crippen molar-refractivity contribution in [3.8, 4) is 0 Å². The molecule has 0 bridgehead atoms. The average molecular weight is 328 g/mol. The number of amides is 1. The highest BCUT2D eigenvalue weighted by Crippen LogP contribution is 2.15. The van der Waals surface area contributed by atoms with Crippen LogP contribution in [0.25, 0.3) is 0 Å². The van der Waals surface area contributed by atoms with Crippen LogP contribution in [-0.4, -0.2) is 17.1 Å². The van der Waals surface area contributed by atoms with Crippen molar-refractivity contribution in [3.05, 3.63) is 0 Å². The number of primary amides is 1. The third kappa shape index (κ3) is 19.4. The summed E-state index contributed by atoms with van der Waals surface area (Å²) in [6.45, 7) is 4.59. The maximum absolute atomic E-state index is 10.6. The van der Waals surface area contributed by atoms with Gasteiger partial charge < -0.3 is 10.8 Å². The first-order chi connectivity index (χ1) is 11.0. The molecule has 3 N–H and O–H groups in total. The molecule has 0 spiro atoms. The van der Waals surface area contributed by atoms with Crippen LogP contribution in [0, 0.1) is 5.92 Å². The van der Waals surface area contributed by atoms with E-state index in [0.29, 0.717) is 6.42 Å². The van der Waals surface area contributed by atoms with Crippen LogP contribution >= 0.6 is 0 Å². The first-order valence-electron chi connectivity index (χ1n) is 9.98. The molecule has 0 saturated heterocycles. The molecule has 0 aliphatic heterocycles. The second-order valence-corrected chi connectivity index (χ2v) is 7.52. The van der Waals surface area contributed by atoms with Gasteiger partial charge in [0, 0.05) is 6.42 Å². The Kier molecular flexibility index (Phi) is 15.9. The fourth-order valence-electron chi connectivity index (χ4n) is 2.99. The molecule has 1 atom stereocenters. The van der Waals surface area contributed by atoms with Crippen LogP contribution in [-0.2, 0) is 4.79 Å². The normalized spacial score (nSPS) is 12.7. The molecule has 3 heteroatoms. The minimum atomic E-state index is -0.194. The summed E-state index contributed by atoms with van der Waals surface area (Å²) in [4.78, 5) is 10.6. The van der Waals surface area contributed by atoms with Crippen molar-refractivity contribution in [2.75, 3.05) is 0 Å². The highest BCUT2D eigenvalue weighted by atomic mass is 16.3. The number of carbonyl (C=O) groups is 1. The standard InChI is InChI=1S/C20H41NO2/c1-18(2)14-10-6-3-4-7-11-15-19(22)16-12-8-5-9-13-17-20(21)23/h18-19,22H,3-17H2,1-2H3,(H2,21,23). The van der Waals surface area contributed by atoms with Crippen LogP contribution in [0.1, 0.15) is 110 Å². The Hall–Kier alpha value is -0.570. The summed E-state index contributed by atoms with van der Waals surface area (Å²) in [6.07, 6.45) is 16.9. The lowest BCUT2D eigenvalue weighted by molar-refractivity contribution is -0.118. The van der Waals surface area contributed by atoms with Gasteiger partial charge in [-0.15, -0.1) is 0 Å². The summed E-state index contributed by atoms with van der Waals surface area (Å²) in [6, 6.07) is 0. The Morgan fingerprint density at radius 3 is 1.57 bits per heavy atom. The monoisotopic (exact) mass is 327 g/mol. The number of unbranched alkanes of at least 4 members (excludes halogenated alkanes) is 9. The molecule has 0 aliphatic rings. The molecule has 0 aromatic carbocycles. The summed E-state index contributed by atoms with van der Waals surface area (Å²) in [7, 11) is 0. The molecule has 0 aromatic rings. The fraction of sp³-hybridized carbons (Fsp3) is 0.950. The summed E-state index contributed by atoms with van der Waals surface area (Å²) < 4.78 is 0. The van der Waals surface area contributed by atoms with Gasteiger partial charge in [0.1, 0.15) is 0 Å². The van der Waals surface area contributed by atoms with Crippen LogP contribution in [0.4, 0.5) is 0 Å². The summed E-state index contributed by atoms with van der Waals surface area (Å²) in [5, 5.41) is 9.97. The van der Waals surface area contributed by atoms with E-state index in [1.807, 2.05) is 0 Å². The maximum Gasteiger partial charge on any atom is 0.217 e. The molecule has 0 heterocycles.